The molecule has 94 valence electrons. The second kappa shape index (κ2) is 4.40. The summed E-state index contributed by atoms with van der Waals surface area (Å²) in [5.41, 5.74) is 0. The molecule has 0 saturated carbocycles. The van der Waals surface area contributed by atoms with Gasteiger partial charge in [-0.15, -0.1) is 11.3 Å². The molecule has 0 aromatic carbocycles. The first-order chi connectivity index (χ1) is 8.63. The average molecular weight is 283 g/mol. The summed E-state index contributed by atoms with van der Waals surface area (Å²) in [6.45, 7) is 1.28. The van der Waals surface area contributed by atoms with E-state index in [9.17, 15) is 4.79 Å². The third kappa shape index (κ3) is 2.04. The summed E-state index contributed by atoms with van der Waals surface area (Å²) in [5, 5.41) is 10.0. The van der Waals surface area contributed by atoms with E-state index in [1.807, 2.05) is 23.1 Å². The minimum atomic E-state index is -0.724. The minimum absolute atomic E-state index is 0.283. The number of fused-ring (bicyclic) bond motifs is 1. The van der Waals surface area contributed by atoms with Crippen molar-refractivity contribution in [1.82, 2.24) is 4.98 Å². The molecule has 0 spiro atoms. The summed E-state index contributed by atoms with van der Waals surface area (Å²) < 4.78 is 0.722. The Hall–Kier alpha value is -1.33. The van der Waals surface area contributed by atoms with Crippen molar-refractivity contribution in [3.8, 4) is 0 Å². The lowest BCUT2D eigenvalue weighted by Crippen LogP contribution is -2.23. The van der Waals surface area contributed by atoms with Crippen molar-refractivity contribution in [3.05, 3.63) is 22.5 Å². The molecule has 1 unspecified atom stereocenters. The van der Waals surface area contributed by atoms with Crippen molar-refractivity contribution in [2.75, 3.05) is 18.0 Å². The maximum atomic E-state index is 10.9. The summed E-state index contributed by atoms with van der Waals surface area (Å²) in [6, 6.07) is 5.80. The first-order valence-electron chi connectivity index (χ1n) is 5.67. The van der Waals surface area contributed by atoms with Crippen molar-refractivity contribution >= 4 is 44.9 Å². The standard InChI is InChI=1S/C12H11ClN2O2S/c13-9-5-7-1-2-10(14-11(7)18-9)15-4-3-8(6-15)12(16)17/h1-2,5,8H,3-4,6H2,(H,16,17). The maximum Gasteiger partial charge on any atom is 0.308 e. The summed E-state index contributed by atoms with van der Waals surface area (Å²) in [7, 11) is 0. The highest BCUT2D eigenvalue weighted by atomic mass is 35.5. The zero-order valence-corrected chi connectivity index (χ0v) is 11.0. The number of hydrogen-bond donors (Lipinski definition) is 1. The van der Waals surface area contributed by atoms with Crippen molar-refractivity contribution < 1.29 is 9.90 Å². The monoisotopic (exact) mass is 282 g/mol. The number of aromatic nitrogens is 1. The highest BCUT2D eigenvalue weighted by Crippen LogP contribution is 2.31. The molecular weight excluding hydrogens is 272 g/mol. The third-order valence-corrected chi connectivity index (χ3v) is 4.37. The molecule has 1 aliphatic heterocycles. The molecular formula is C12H11ClN2O2S. The molecule has 1 atom stereocenters. The van der Waals surface area contributed by atoms with Gasteiger partial charge in [0, 0.05) is 18.5 Å². The first-order valence-corrected chi connectivity index (χ1v) is 6.87. The predicted octanol–water partition coefficient (Wildman–Crippen LogP) is 2.86. The second-order valence-electron chi connectivity index (χ2n) is 4.38. The summed E-state index contributed by atoms with van der Waals surface area (Å²) in [5.74, 6) is -0.170. The van der Waals surface area contributed by atoms with Gasteiger partial charge < -0.3 is 10.0 Å². The van der Waals surface area contributed by atoms with Gasteiger partial charge in [-0.25, -0.2) is 4.98 Å². The van der Waals surface area contributed by atoms with Crippen LogP contribution in [0.25, 0.3) is 10.2 Å². The van der Waals surface area contributed by atoms with Gasteiger partial charge in [0.2, 0.25) is 0 Å². The Morgan fingerprint density at radius 3 is 3.11 bits per heavy atom. The maximum absolute atomic E-state index is 10.9. The van der Waals surface area contributed by atoms with Crippen molar-refractivity contribution in [1.29, 1.82) is 0 Å². The van der Waals surface area contributed by atoms with E-state index >= 15 is 0 Å². The lowest BCUT2D eigenvalue weighted by Gasteiger charge is -2.16. The number of rotatable bonds is 2. The summed E-state index contributed by atoms with van der Waals surface area (Å²) in [4.78, 5) is 18.4. The zero-order chi connectivity index (χ0) is 12.7. The van der Waals surface area contributed by atoms with Gasteiger partial charge in [-0.3, -0.25) is 4.79 Å². The van der Waals surface area contributed by atoms with Crippen LogP contribution in [0, 0.1) is 5.92 Å². The van der Waals surface area contributed by atoms with E-state index in [0.717, 1.165) is 26.9 Å². The first kappa shape index (κ1) is 11.7. The molecule has 18 heavy (non-hydrogen) atoms. The molecule has 0 amide bonds. The molecule has 6 heteroatoms. The fourth-order valence-corrected chi connectivity index (χ4v) is 3.31. The van der Waals surface area contributed by atoms with E-state index in [0.29, 0.717) is 13.0 Å². The SMILES string of the molecule is O=C(O)C1CCN(c2ccc3cc(Cl)sc3n2)C1. The molecule has 0 bridgehead atoms. The number of thiophene rings is 1. The molecule has 0 radical (unpaired) electrons. The molecule has 1 fully saturated rings. The number of hydrogen-bond acceptors (Lipinski definition) is 4. The molecule has 1 saturated heterocycles. The topological polar surface area (TPSA) is 53.4 Å². The number of aliphatic carboxylic acids is 1. The Morgan fingerprint density at radius 1 is 1.56 bits per heavy atom. The van der Waals surface area contributed by atoms with Gasteiger partial charge in [0.1, 0.15) is 10.6 Å². The van der Waals surface area contributed by atoms with Gasteiger partial charge >= 0.3 is 5.97 Å². The molecule has 4 nitrogen and oxygen atoms in total. The Labute approximate surface area is 113 Å². The molecule has 3 rings (SSSR count). The van der Waals surface area contributed by atoms with E-state index in [-0.39, 0.29) is 5.92 Å². The number of anilines is 1. The lowest BCUT2D eigenvalue weighted by molar-refractivity contribution is -0.140. The van der Waals surface area contributed by atoms with Crippen LogP contribution in [0.1, 0.15) is 6.42 Å². The van der Waals surface area contributed by atoms with E-state index < -0.39 is 5.97 Å². The number of carboxylic acids is 1. The van der Waals surface area contributed by atoms with Gasteiger partial charge in [0.05, 0.1) is 10.3 Å². The number of halogens is 1. The lowest BCUT2D eigenvalue weighted by atomic mass is 10.1. The highest BCUT2D eigenvalue weighted by molar-refractivity contribution is 7.22. The molecule has 1 aliphatic rings. The summed E-state index contributed by atoms with van der Waals surface area (Å²) in [6.07, 6.45) is 0.681. The Morgan fingerprint density at radius 2 is 2.39 bits per heavy atom. The molecule has 2 aromatic heterocycles. The Bertz CT molecular complexity index is 613. The number of carboxylic acid groups (broad SMARTS) is 1. The van der Waals surface area contributed by atoms with Crippen LogP contribution >= 0.6 is 22.9 Å². The minimum Gasteiger partial charge on any atom is -0.481 e. The normalized spacial score (nSPS) is 19.6. The van der Waals surface area contributed by atoms with E-state index in [2.05, 4.69) is 4.98 Å². The van der Waals surface area contributed by atoms with Crippen LogP contribution < -0.4 is 4.90 Å². The zero-order valence-electron chi connectivity index (χ0n) is 9.47. The quantitative estimate of drug-likeness (QED) is 0.920. The van der Waals surface area contributed by atoms with Crippen LogP contribution in [-0.2, 0) is 4.79 Å². The summed E-state index contributed by atoms with van der Waals surface area (Å²) >= 11 is 7.39. The van der Waals surface area contributed by atoms with Crippen molar-refractivity contribution in [2.45, 2.75) is 6.42 Å². The van der Waals surface area contributed by atoms with Crippen LogP contribution in [0.5, 0.6) is 0 Å². The molecule has 1 N–H and O–H groups in total. The molecule has 0 aliphatic carbocycles. The Balaban J connectivity index is 1.88. The van der Waals surface area contributed by atoms with Gasteiger partial charge in [-0.05, 0) is 24.6 Å². The Kier molecular flexibility index (Phi) is 2.87. The number of nitrogens with zero attached hydrogens (tertiary/aromatic N) is 2. The van der Waals surface area contributed by atoms with Crippen LogP contribution in [-0.4, -0.2) is 29.1 Å². The van der Waals surface area contributed by atoms with Gasteiger partial charge in [0.25, 0.3) is 0 Å². The highest BCUT2D eigenvalue weighted by Gasteiger charge is 2.28. The largest absolute Gasteiger partial charge is 0.481 e. The predicted molar refractivity (Wildman–Crippen MR) is 72.6 cm³/mol. The van der Waals surface area contributed by atoms with Gasteiger partial charge in [-0.1, -0.05) is 11.6 Å². The van der Waals surface area contributed by atoms with Crippen LogP contribution in [0.4, 0.5) is 5.82 Å². The second-order valence-corrected chi connectivity index (χ2v) is 6.05. The van der Waals surface area contributed by atoms with E-state index in [1.165, 1.54) is 11.3 Å². The van der Waals surface area contributed by atoms with Crippen molar-refractivity contribution in [2.24, 2.45) is 5.92 Å². The fraction of sp³-hybridized carbons (Fsp3) is 0.333. The van der Waals surface area contributed by atoms with E-state index in [4.69, 9.17) is 16.7 Å². The molecule has 3 heterocycles. The van der Waals surface area contributed by atoms with Gasteiger partial charge in [-0.2, -0.15) is 0 Å². The smallest absolute Gasteiger partial charge is 0.308 e. The van der Waals surface area contributed by atoms with Crippen LogP contribution in [0.3, 0.4) is 0 Å². The molecule has 2 aromatic rings. The van der Waals surface area contributed by atoms with Crippen LogP contribution in [0.2, 0.25) is 4.34 Å². The van der Waals surface area contributed by atoms with E-state index in [1.54, 1.807) is 0 Å². The fourth-order valence-electron chi connectivity index (χ4n) is 2.22. The van der Waals surface area contributed by atoms with Crippen LogP contribution in [0.15, 0.2) is 18.2 Å². The number of pyridine rings is 1. The average Bonchev–Trinajstić information content (AvgIpc) is 2.91. The third-order valence-electron chi connectivity index (χ3n) is 3.20. The van der Waals surface area contributed by atoms with Crippen molar-refractivity contribution in [3.63, 3.8) is 0 Å². The van der Waals surface area contributed by atoms with Gasteiger partial charge in [0.15, 0.2) is 0 Å². The number of carbonyl (C=O) groups is 1.